The van der Waals surface area contributed by atoms with E-state index >= 15 is 0 Å². The Balaban J connectivity index is 2.02. The van der Waals surface area contributed by atoms with Gasteiger partial charge in [-0.05, 0) is 19.1 Å². The molecule has 0 bridgehead atoms. The molecule has 150 valence electrons. The first kappa shape index (κ1) is 20.1. The second-order valence-electron chi connectivity index (χ2n) is 5.67. The van der Waals surface area contributed by atoms with E-state index in [2.05, 4.69) is 25.7 Å². The van der Waals surface area contributed by atoms with E-state index in [-0.39, 0.29) is 35.0 Å². The summed E-state index contributed by atoms with van der Waals surface area (Å²) in [7, 11) is 1.39. The number of carbonyl (C=O) groups is 1. The highest BCUT2D eigenvalue weighted by Crippen LogP contribution is 2.38. The number of rotatable bonds is 7. The molecule has 0 unspecified atom stereocenters. The molecule has 0 saturated carbocycles. The van der Waals surface area contributed by atoms with Gasteiger partial charge in [0.2, 0.25) is 0 Å². The number of anilines is 2. The molecular weight excluding hydrogens is 384 g/mol. The molecule has 1 aromatic carbocycles. The van der Waals surface area contributed by atoms with E-state index in [1.807, 2.05) is 0 Å². The van der Waals surface area contributed by atoms with Crippen LogP contribution in [0.2, 0.25) is 0 Å². The lowest BCUT2D eigenvalue weighted by atomic mass is 10.1. The zero-order chi connectivity index (χ0) is 20.8. The van der Waals surface area contributed by atoms with Crippen LogP contribution in [0, 0.1) is 11.6 Å². The topological polar surface area (TPSA) is 98.3 Å². The number of nitrogens with one attached hydrogen (secondary N) is 2. The average molecular weight is 401 g/mol. The fraction of sp³-hybridized carbons (Fsp3) is 0.158. The Hall–Kier alpha value is -3.66. The van der Waals surface area contributed by atoms with Gasteiger partial charge in [-0.1, -0.05) is 0 Å². The van der Waals surface area contributed by atoms with E-state index < -0.39 is 17.5 Å². The molecule has 0 radical (unpaired) electrons. The Morgan fingerprint density at radius 3 is 2.55 bits per heavy atom. The van der Waals surface area contributed by atoms with E-state index in [0.29, 0.717) is 5.69 Å². The van der Waals surface area contributed by atoms with Crippen LogP contribution in [0.3, 0.4) is 0 Å². The summed E-state index contributed by atoms with van der Waals surface area (Å²) in [5.74, 6) is -1.46. The summed E-state index contributed by atoms with van der Waals surface area (Å²) >= 11 is 0. The van der Waals surface area contributed by atoms with Crippen molar-refractivity contribution in [1.82, 2.24) is 20.4 Å². The van der Waals surface area contributed by atoms with Crippen molar-refractivity contribution in [3.8, 4) is 17.1 Å². The largest absolute Gasteiger partial charge is 0.494 e. The van der Waals surface area contributed by atoms with Crippen LogP contribution < -0.4 is 15.5 Å². The molecule has 0 saturated heterocycles. The molecule has 0 aliphatic rings. The summed E-state index contributed by atoms with van der Waals surface area (Å²) < 4.78 is 32.9. The molecule has 0 fully saturated rings. The predicted octanol–water partition coefficient (Wildman–Crippen LogP) is 3.25. The first-order chi connectivity index (χ1) is 14.0. The Morgan fingerprint density at radius 1 is 1.10 bits per heavy atom. The first-order valence-electron chi connectivity index (χ1n) is 8.52. The molecule has 0 spiro atoms. The Bertz CT molecular complexity index is 1020. The molecule has 0 atom stereocenters. The van der Waals surface area contributed by atoms with Gasteiger partial charge in [-0.15, -0.1) is 0 Å². The highest BCUT2D eigenvalue weighted by atomic mass is 19.1. The minimum absolute atomic E-state index is 0.0786. The van der Waals surface area contributed by atoms with Gasteiger partial charge in [0.05, 0.1) is 48.6 Å². The van der Waals surface area contributed by atoms with Crippen LogP contribution in [-0.2, 0) is 4.84 Å². The number of hydroxylamine groups is 1. The van der Waals surface area contributed by atoms with E-state index in [1.54, 1.807) is 13.0 Å². The second kappa shape index (κ2) is 9.02. The SMILES string of the molecule is CCONC(=O)c1cnccc1Nc1cc(F)cc(-c2ncc(F)cn2)c1OC. The van der Waals surface area contributed by atoms with Crippen molar-refractivity contribution in [2.75, 3.05) is 19.0 Å². The lowest BCUT2D eigenvalue weighted by Crippen LogP contribution is -2.24. The van der Waals surface area contributed by atoms with Gasteiger partial charge in [0, 0.05) is 18.5 Å². The second-order valence-corrected chi connectivity index (χ2v) is 5.67. The number of halogens is 2. The van der Waals surface area contributed by atoms with Gasteiger partial charge in [0.15, 0.2) is 17.4 Å². The third kappa shape index (κ3) is 4.61. The number of pyridine rings is 1. The first-order valence-corrected chi connectivity index (χ1v) is 8.52. The lowest BCUT2D eigenvalue weighted by molar-refractivity contribution is 0.0365. The Labute approximate surface area is 164 Å². The summed E-state index contributed by atoms with van der Waals surface area (Å²) in [5.41, 5.74) is 3.22. The monoisotopic (exact) mass is 401 g/mol. The summed E-state index contributed by atoms with van der Waals surface area (Å²) in [6.45, 7) is 2.01. The third-order valence-corrected chi connectivity index (χ3v) is 3.76. The van der Waals surface area contributed by atoms with Crippen molar-refractivity contribution in [2.45, 2.75) is 6.92 Å². The highest BCUT2D eigenvalue weighted by molar-refractivity contribution is 5.99. The molecule has 3 aromatic rings. The van der Waals surface area contributed by atoms with Crippen molar-refractivity contribution in [3.05, 3.63) is 60.2 Å². The van der Waals surface area contributed by atoms with Gasteiger partial charge in [0.1, 0.15) is 5.82 Å². The number of hydrogen-bond acceptors (Lipinski definition) is 7. The summed E-state index contributed by atoms with van der Waals surface area (Å²) in [6, 6.07) is 3.91. The molecule has 29 heavy (non-hydrogen) atoms. The van der Waals surface area contributed by atoms with Crippen LogP contribution in [0.4, 0.5) is 20.2 Å². The lowest BCUT2D eigenvalue weighted by Gasteiger charge is -2.16. The Kier molecular flexibility index (Phi) is 6.25. The molecule has 0 aliphatic carbocycles. The average Bonchev–Trinajstić information content (AvgIpc) is 2.72. The molecule has 2 aromatic heterocycles. The van der Waals surface area contributed by atoms with Crippen molar-refractivity contribution in [1.29, 1.82) is 0 Å². The molecule has 10 heteroatoms. The smallest absolute Gasteiger partial charge is 0.278 e. The molecule has 0 aliphatic heterocycles. The molecular formula is C19H17F2N5O3. The van der Waals surface area contributed by atoms with Crippen LogP contribution in [0.25, 0.3) is 11.4 Å². The summed E-state index contributed by atoms with van der Waals surface area (Å²) in [6.07, 6.45) is 4.75. The van der Waals surface area contributed by atoms with Gasteiger partial charge in [-0.3, -0.25) is 14.6 Å². The standard InChI is InChI=1S/C19H17F2N5O3/c1-3-29-26-19(27)14-10-22-5-4-15(14)25-16-7-11(20)6-13(17(16)28-2)18-23-8-12(21)9-24-18/h4-10H,3H2,1-2H3,(H,22,25)(H,26,27). The van der Waals surface area contributed by atoms with Crippen LogP contribution in [-0.4, -0.2) is 34.6 Å². The quantitative estimate of drug-likeness (QED) is 0.587. The zero-order valence-corrected chi connectivity index (χ0v) is 15.6. The van der Waals surface area contributed by atoms with Gasteiger partial charge < -0.3 is 10.1 Å². The number of amides is 1. The van der Waals surface area contributed by atoms with Gasteiger partial charge >= 0.3 is 0 Å². The molecule has 3 rings (SSSR count). The number of carbonyl (C=O) groups excluding carboxylic acids is 1. The van der Waals surface area contributed by atoms with Gasteiger partial charge in [0.25, 0.3) is 5.91 Å². The van der Waals surface area contributed by atoms with Gasteiger partial charge in [-0.25, -0.2) is 24.2 Å². The van der Waals surface area contributed by atoms with E-state index in [1.165, 1.54) is 31.6 Å². The minimum atomic E-state index is -0.621. The van der Waals surface area contributed by atoms with Crippen molar-refractivity contribution in [2.24, 2.45) is 0 Å². The van der Waals surface area contributed by atoms with Crippen LogP contribution >= 0.6 is 0 Å². The normalized spacial score (nSPS) is 10.5. The van der Waals surface area contributed by atoms with Gasteiger partial charge in [-0.2, -0.15) is 0 Å². The minimum Gasteiger partial charge on any atom is -0.494 e. The third-order valence-electron chi connectivity index (χ3n) is 3.76. The fourth-order valence-electron chi connectivity index (χ4n) is 2.55. The number of hydrogen-bond donors (Lipinski definition) is 2. The molecule has 1 amide bonds. The fourth-order valence-corrected chi connectivity index (χ4v) is 2.55. The van der Waals surface area contributed by atoms with Crippen LogP contribution in [0.1, 0.15) is 17.3 Å². The number of nitrogens with zero attached hydrogens (tertiary/aromatic N) is 3. The maximum Gasteiger partial charge on any atom is 0.278 e. The number of methoxy groups -OCH3 is 1. The molecule has 8 nitrogen and oxygen atoms in total. The van der Waals surface area contributed by atoms with E-state index in [0.717, 1.165) is 12.4 Å². The van der Waals surface area contributed by atoms with E-state index in [9.17, 15) is 13.6 Å². The van der Waals surface area contributed by atoms with Crippen molar-refractivity contribution in [3.63, 3.8) is 0 Å². The van der Waals surface area contributed by atoms with E-state index in [4.69, 9.17) is 9.57 Å². The summed E-state index contributed by atoms with van der Waals surface area (Å²) in [5, 5.41) is 2.96. The number of benzene rings is 1. The maximum absolute atomic E-state index is 14.3. The zero-order valence-electron chi connectivity index (χ0n) is 15.6. The van der Waals surface area contributed by atoms with Crippen molar-refractivity contribution < 1.29 is 23.1 Å². The molecule has 2 heterocycles. The predicted molar refractivity (Wildman–Crippen MR) is 101 cm³/mol. The molecule has 2 N–H and O–H groups in total. The Morgan fingerprint density at radius 2 is 1.86 bits per heavy atom. The number of aromatic nitrogens is 3. The number of ether oxygens (including phenoxy) is 1. The van der Waals surface area contributed by atoms with Crippen molar-refractivity contribution >= 4 is 17.3 Å². The van der Waals surface area contributed by atoms with Crippen LogP contribution in [0.5, 0.6) is 5.75 Å². The summed E-state index contributed by atoms with van der Waals surface area (Å²) in [4.78, 5) is 28.9. The maximum atomic E-state index is 14.3. The van der Waals surface area contributed by atoms with Crippen LogP contribution in [0.15, 0.2) is 43.0 Å². The highest BCUT2D eigenvalue weighted by Gasteiger charge is 2.18.